The zero-order valence-electron chi connectivity index (χ0n) is 26.7. The Labute approximate surface area is 270 Å². The third kappa shape index (κ3) is 13.3. The van der Waals surface area contributed by atoms with Gasteiger partial charge in [-0.15, -0.1) is 0 Å². The van der Waals surface area contributed by atoms with E-state index in [0.717, 1.165) is 36.3 Å². The van der Waals surface area contributed by atoms with Crippen LogP contribution in [-0.2, 0) is 25.5 Å². The van der Waals surface area contributed by atoms with Gasteiger partial charge in [-0.05, 0) is 50.5 Å². The SMILES string of the molecule is CCCSSCCCCCC(=O)OC(C)OC(=O)N(Cc1ccc(OC)cc1OC)C(C)C(C)COC(=O)c1ccccc1. The molecular formula is C33H47NO8S2. The predicted octanol–water partition coefficient (Wildman–Crippen LogP) is 7.77. The number of carbonyl (C=O) groups is 3. The first-order valence-corrected chi connectivity index (χ1v) is 17.5. The third-order valence-electron chi connectivity index (χ3n) is 6.91. The maximum absolute atomic E-state index is 13.5. The van der Waals surface area contributed by atoms with E-state index < -0.39 is 30.4 Å². The Morgan fingerprint density at radius 2 is 1.59 bits per heavy atom. The van der Waals surface area contributed by atoms with E-state index in [1.54, 1.807) is 50.6 Å². The lowest BCUT2D eigenvalue weighted by atomic mass is 10.0. The minimum Gasteiger partial charge on any atom is -0.497 e. The molecule has 0 N–H and O–H groups in total. The maximum atomic E-state index is 13.5. The van der Waals surface area contributed by atoms with Crippen molar-refractivity contribution in [3.8, 4) is 11.5 Å². The fraction of sp³-hybridized carbons (Fsp3) is 0.545. The molecule has 3 atom stereocenters. The van der Waals surface area contributed by atoms with E-state index in [4.69, 9.17) is 23.7 Å². The topological polar surface area (TPSA) is 101 Å². The quantitative estimate of drug-likeness (QED) is 0.0612. The Balaban J connectivity index is 2.02. The number of hydrogen-bond acceptors (Lipinski definition) is 10. The van der Waals surface area contributed by atoms with E-state index in [9.17, 15) is 14.4 Å². The molecule has 0 radical (unpaired) electrons. The van der Waals surface area contributed by atoms with Crippen molar-refractivity contribution < 1.29 is 38.1 Å². The maximum Gasteiger partial charge on any atom is 0.413 e. The number of methoxy groups -OCH3 is 2. The van der Waals surface area contributed by atoms with Gasteiger partial charge in [0.1, 0.15) is 11.5 Å². The Morgan fingerprint density at radius 3 is 2.27 bits per heavy atom. The third-order valence-corrected chi connectivity index (χ3v) is 9.61. The van der Waals surface area contributed by atoms with E-state index in [1.807, 2.05) is 47.6 Å². The van der Waals surface area contributed by atoms with Crippen LogP contribution in [0.3, 0.4) is 0 Å². The summed E-state index contributed by atoms with van der Waals surface area (Å²) in [6, 6.07) is 13.6. The minimum atomic E-state index is -1.07. The van der Waals surface area contributed by atoms with Crippen LogP contribution >= 0.6 is 21.6 Å². The van der Waals surface area contributed by atoms with Crippen LogP contribution in [0, 0.1) is 5.92 Å². The van der Waals surface area contributed by atoms with Gasteiger partial charge in [-0.2, -0.15) is 0 Å². The normalized spacial score (nSPS) is 12.9. The molecule has 0 fully saturated rings. The number of carbonyl (C=O) groups excluding carboxylic acids is 3. The van der Waals surface area contributed by atoms with Gasteiger partial charge in [-0.1, -0.05) is 60.1 Å². The number of hydrogen-bond donors (Lipinski definition) is 0. The smallest absolute Gasteiger partial charge is 0.413 e. The molecule has 0 saturated carbocycles. The lowest BCUT2D eigenvalue weighted by Gasteiger charge is -2.33. The Morgan fingerprint density at radius 1 is 0.864 bits per heavy atom. The van der Waals surface area contributed by atoms with Crippen molar-refractivity contribution in [1.29, 1.82) is 0 Å². The second kappa shape index (κ2) is 20.8. The zero-order chi connectivity index (χ0) is 32.3. The summed E-state index contributed by atoms with van der Waals surface area (Å²) in [5.74, 6) is 2.27. The van der Waals surface area contributed by atoms with E-state index in [0.29, 0.717) is 17.1 Å². The van der Waals surface area contributed by atoms with Crippen LogP contribution in [-0.4, -0.2) is 67.6 Å². The summed E-state index contributed by atoms with van der Waals surface area (Å²) in [5, 5.41) is 0. The molecule has 0 aliphatic heterocycles. The molecule has 1 amide bonds. The molecule has 2 rings (SSSR count). The Kier molecular flexibility index (Phi) is 17.6. The number of esters is 2. The fourth-order valence-electron chi connectivity index (χ4n) is 4.14. The highest BCUT2D eigenvalue weighted by atomic mass is 33.1. The van der Waals surface area contributed by atoms with Crippen molar-refractivity contribution >= 4 is 39.6 Å². The molecule has 0 spiro atoms. The van der Waals surface area contributed by atoms with Crippen LogP contribution in [0.15, 0.2) is 48.5 Å². The van der Waals surface area contributed by atoms with E-state index in [2.05, 4.69) is 6.92 Å². The molecule has 0 aliphatic carbocycles. The number of nitrogens with zero attached hydrogens (tertiary/aromatic N) is 1. The number of ether oxygens (including phenoxy) is 5. The first-order chi connectivity index (χ1) is 21.2. The standard InChI is InChI=1S/C33H47NO8S2/c1-7-19-43-44-20-13-9-12-16-31(35)41-26(4)42-33(37)34(22-28-17-18-29(38-5)21-30(28)39-6)25(3)24(2)23-40-32(36)27-14-10-8-11-15-27/h8,10-11,14-15,17-18,21,24-26H,7,9,12-13,16,19-20,22-23H2,1-6H3. The van der Waals surface area contributed by atoms with Crippen LogP contribution in [0.2, 0.25) is 0 Å². The number of benzene rings is 2. The van der Waals surface area contributed by atoms with Crippen molar-refractivity contribution in [1.82, 2.24) is 4.90 Å². The van der Waals surface area contributed by atoms with Gasteiger partial charge in [0, 0.05) is 48.4 Å². The van der Waals surface area contributed by atoms with Crippen molar-refractivity contribution in [2.75, 3.05) is 32.3 Å². The average molecular weight is 650 g/mol. The predicted molar refractivity (Wildman–Crippen MR) is 176 cm³/mol. The van der Waals surface area contributed by atoms with Gasteiger partial charge in [0.2, 0.25) is 6.29 Å². The van der Waals surface area contributed by atoms with Crippen LogP contribution in [0.25, 0.3) is 0 Å². The Hall–Kier alpha value is -3.05. The number of unbranched alkanes of at least 4 members (excludes halogenated alkanes) is 2. The van der Waals surface area contributed by atoms with Crippen molar-refractivity contribution in [2.45, 2.75) is 78.7 Å². The van der Waals surface area contributed by atoms with Crippen molar-refractivity contribution in [2.24, 2.45) is 5.92 Å². The highest BCUT2D eigenvalue weighted by molar-refractivity contribution is 8.76. The van der Waals surface area contributed by atoms with Crippen LogP contribution < -0.4 is 9.47 Å². The summed E-state index contributed by atoms with van der Waals surface area (Å²) in [4.78, 5) is 40.0. The molecule has 0 heterocycles. The molecule has 9 nitrogen and oxygen atoms in total. The van der Waals surface area contributed by atoms with E-state index in [1.165, 1.54) is 18.2 Å². The molecular weight excluding hydrogens is 602 g/mol. The number of rotatable bonds is 20. The molecule has 3 unspecified atom stereocenters. The molecule has 44 heavy (non-hydrogen) atoms. The summed E-state index contributed by atoms with van der Waals surface area (Å²) in [5.41, 5.74) is 1.17. The van der Waals surface area contributed by atoms with Gasteiger partial charge in [-0.25, -0.2) is 9.59 Å². The first kappa shape index (κ1) is 37.1. The molecule has 0 bridgehead atoms. The highest BCUT2D eigenvalue weighted by Crippen LogP contribution is 2.28. The van der Waals surface area contributed by atoms with Gasteiger partial charge in [0.25, 0.3) is 0 Å². The van der Waals surface area contributed by atoms with Crippen LogP contribution in [0.1, 0.15) is 75.7 Å². The van der Waals surface area contributed by atoms with Gasteiger partial charge in [0.05, 0.1) is 32.9 Å². The van der Waals surface area contributed by atoms with Crippen LogP contribution in [0.5, 0.6) is 11.5 Å². The minimum absolute atomic E-state index is 0.0821. The van der Waals surface area contributed by atoms with E-state index in [-0.39, 0.29) is 25.5 Å². The summed E-state index contributed by atoms with van der Waals surface area (Å²) in [6.45, 7) is 7.66. The summed E-state index contributed by atoms with van der Waals surface area (Å²) in [7, 11) is 6.86. The average Bonchev–Trinajstić information content (AvgIpc) is 3.03. The molecule has 0 aliphatic rings. The lowest BCUT2D eigenvalue weighted by Crippen LogP contribution is -2.44. The Bertz CT molecular complexity index is 1150. The molecule has 11 heteroatoms. The highest BCUT2D eigenvalue weighted by Gasteiger charge is 2.30. The van der Waals surface area contributed by atoms with Gasteiger partial charge < -0.3 is 28.6 Å². The molecule has 2 aromatic rings. The largest absolute Gasteiger partial charge is 0.497 e. The molecule has 0 saturated heterocycles. The summed E-state index contributed by atoms with van der Waals surface area (Å²) in [6.07, 6.45) is 2.39. The van der Waals surface area contributed by atoms with E-state index >= 15 is 0 Å². The molecule has 244 valence electrons. The van der Waals surface area contributed by atoms with Gasteiger partial charge in [-0.3, -0.25) is 4.79 Å². The van der Waals surface area contributed by atoms with Crippen molar-refractivity contribution in [3.63, 3.8) is 0 Å². The number of amides is 1. The summed E-state index contributed by atoms with van der Waals surface area (Å²) < 4.78 is 27.4. The fourth-order valence-corrected chi connectivity index (χ4v) is 6.42. The lowest BCUT2D eigenvalue weighted by molar-refractivity contribution is -0.166. The monoisotopic (exact) mass is 649 g/mol. The van der Waals surface area contributed by atoms with Crippen LogP contribution in [0.4, 0.5) is 4.79 Å². The van der Waals surface area contributed by atoms with Crippen molar-refractivity contribution in [3.05, 3.63) is 59.7 Å². The first-order valence-electron chi connectivity index (χ1n) is 15.0. The van der Waals surface area contributed by atoms with Gasteiger partial charge in [0.15, 0.2) is 0 Å². The molecule has 2 aromatic carbocycles. The zero-order valence-corrected chi connectivity index (χ0v) is 28.4. The summed E-state index contributed by atoms with van der Waals surface area (Å²) >= 11 is 0. The second-order valence-corrected chi connectivity index (χ2v) is 13.1. The molecule has 0 aromatic heterocycles. The second-order valence-electron chi connectivity index (χ2n) is 10.4. The van der Waals surface area contributed by atoms with Gasteiger partial charge >= 0.3 is 18.0 Å².